The molecule has 0 bridgehead atoms. The average molecular weight is 366 g/mol. The van der Waals surface area contributed by atoms with Crippen LogP contribution >= 0.6 is 0 Å². The highest BCUT2D eigenvalue weighted by Crippen LogP contribution is 2.34. The Kier molecular flexibility index (Phi) is 3.99. The molecule has 0 radical (unpaired) electrons. The first-order valence-corrected chi connectivity index (χ1v) is 8.06. The Morgan fingerprint density at radius 2 is 1.67 bits per heavy atom. The van der Waals surface area contributed by atoms with Crippen LogP contribution in [0.15, 0.2) is 67.1 Å². The van der Waals surface area contributed by atoms with Gasteiger partial charge in [-0.25, -0.2) is 4.98 Å². The predicted octanol–water partition coefficient (Wildman–Crippen LogP) is 4.96. The van der Waals surface area contributed by atoms with Crippen molar-refractivity contribution in [2.75, 3.05) is 5.73 Å². The summed E-state index contributed by atoms with van der Waals surface area (Å²) in [6.07, 6.45) is -0.525. The largest absolute Gasteiger partial charge is 0.417 e. The standard InChI is InChI=1S/C20H13F3N4/c21-20(22,23)15-10-16(19(24)27-11-15)13-5-7-26-18(8-13)14-4-3-12-2-1-6-25-17(12)9-14/h1-11H,(H2,24,27). The van der Waals surface area contributed by atoms with Crippen molar-refractivity contribution in [2.45, 2.75) is 6.18 Å². The van der Waals surface area contributed by atoms with Gasteiger partial charge >= 0.3 is 6.18 Å². The molecular weight excluding hydrogens is 353 g/mol. The van der Waals surface area contributed by atoms with E-state index in [0.717, 1.165) is 28.7 Å². The Balaban J connectivity index is 1.81. The number of nitrogens with two attached hydrogens (primary N) is 1. The van der Waals surface area contributed by atoms with E-state index in [1.54, 1.807) is 18.3 Å². The highest BCUT2D eigenvalue weighted by Gasteiger charge is 2.31. The van der Waals surface area contributed by atoms with Gasteiger partial charge in [0.25, 0.3) is 0 Å². The molecule has 0 atom stereocenters. The number of alkyl halides is 3. The van der Waals surface area contributed by atoms with Gasteiger partial charge in [-0.05, 0) is 35.9 Å². The number of rotatable bonds is 2. The molecule has 4 aromatic rings. The van der Waals surface area contributed by atoms with E-state index in [1.807, 2.05) is 30.3 Å². The van der Waals surface area contributed by atoms with Gasteiger partial charge in [0, 0.05) is 35.1 Å². The molecule has 0 spiro atoms. The number of aromatic nitrogens is 3. The summed E-state index contributed by atoms with van der Waals surface area (Å²) in [7, 11) is 0. The van der Waals surface area contributed by atoms with Crippen molar-refractivity contribution < 1.29 is 13.2 Å². The van der Waals surface area contributed by atoms with Crippen LogP contribution < -0.4 is 5.73 Å². The Morgan fingerprint density at radius 1 is 0.815 bits per heavy atom. The molecule has 7 heteroatoms. The topological polar surface area (TPSA) is 64.7 Å². The molecule has 0 aliphatic carbocycles. The molecule has 0 amide bonds. The van der Waals surface area contributed by atoms with Gasteiger partial charge in [-0.2, -0.15) is 13.2 Å². The molecule has 0 fully saturated rings. The Labute approximate surface area is 152 Å². The molecule has 3 heterocycles. The van der Waals surface area contributed by atoms with Crippen molar-refractivity contribution in [1.82, 2.24) is 15.0 Å². The van der Waals surface area contributed by atoms with Crippen molar-refractivity contribution in [2.24, 2.45) is 0 Å². The summed E-state index contributed by atoms with van der Waals surface area (Å²) in [6.45, 7) is 0. The van der Waals surface area contributed by atoms with E-state index in [0.29, 0.717) is 11.3 Å². The Hall–Kier alpha value is -3.48. The number of nitrogens with zero attached hydrogens (tertiary/aromatic N) is 3. The summed E-state index contributed by atoms with van der Waals surface area (Å²) in [4.78, 5) is 12.3. The normalized spacial score (nSPS) is 11.7. The van der Waals surface area contributed by atoms with Gasteiger partial charge in [0.2, 0.25) is 0 Å². The van der Waals surface area contributed by atoms with Crippen molar-refractivity contribution in [3.8, 4) is 22.4 Å². The summed E-state index contributed by atoms with van der Waals surface area (Å²) in [5, 5.41) is 0.990. The van der Waals surface area contributed by atoms with E-state index >= 15 is 0 Å². The first-order chi connectivity index (χ1) is 12.9. The number of anilines is 1. The summed E-state index contributed by atoms with van der Waals surface area (Å²) in [6, 6.07) is 13.8. The van der Waals surface area contributed by atoms with Crippen LogP contribution in [0, 0.1) is 0 Å². The van der Waals surface area contributed by atoms with Gasteiger partial charge in [-0.15, -0.1) is 0 Å². The summed E-state index contributed by atoms with van der Waals surface area (Å²) >= 11 is 0. The lowest BCUT2D eigenvalue weighted by Crippen LogP contribution is -2.07. The minimum atomic E-state index is -4.49. The monoisotopic (exact) mass is 366 g/mol. The van der Waals surface area contributed by atoms with Gasteiger partial charge in [-0.1, -0.05) is 18.2 Å². The van der Waals surface area contributed by atoms with E-state index in [-0.39, 0.29) is 11.4 Å². The lowest BCUT2D eigenvalue weighted by molar-refractivity contribution is -0.137. The van der Waals surface area contributed by atoms with Crippen molar-refractivity contribution in [3.05, 3.63) is 72.7 Å². The smallest absolute Gasteiger partial charge is 0.383 e. The highest BCUT2D eigenvalue weighted by molar-refractivity contribution is 5.84. The molecule has 0 aliphatic heterocycles. The maximum atomic E-state index is 13.0. The maximum absolute atomic E-state index is 13.0. The fourth-order valence-electron chi connectivity index (χ4n) is 2.84. The molecule has 134 valence electrons. The SMILES string of the molecule is Nc1ncc(C(F)(F)F)cc1-c1ccnc(-c2ccc3cccnc3c2)c1. The summed E-state index contributed by atoms with van der Waals surface area (Å²) < 4.78 is 39.0. The van der Waals surface area contributed by atoms with E-state index < -0.39 is 11.7 Å². The van der Waals surface area contributed by atoms with Gasteiger partial charge in [0.1, 0.15) is 5.82 Å². The number of nitrogen functional groups attached to an aromatic ring is 1. The van der Waals surface area contributed by atoms with Crippen LogP contribution in [0.25, 0.3) is 33.3 Å². The third-order valence-corrected chi connectivity index (χ3v) is 4.22. The molecule has 0 aliphatic rings. The zero-order valence-corrected chi connectivity index (χ0v) is 13.9. The van der Waals surface area contributed by atoms with Crippen molar-refractivity contribution in [3.63, 3.8) is 0 Å². The quantitative estimate of drug-likeness (QED) is 0.545. The van der Waals surface area contributed by atoms with Crippen LogP contribution in [0.5, 0.6) is 0 Å². The first-order valence-electron chi connectivity index (χ1n) is 8.06. The summed E-state index contributed by atoms with van der Waals surface area (Å²) in [5.74, 6) is 0.0281. The van der Waals surface area contributed by atoms with Crippen molar-refractivity contribution >= 4 is 16.7 Å². The van der Waals surface area contributed by atoms with Crippen LogP contribution in [0.2, 0.25) is 0 Å². The molecule has 3 aromatic heterocycles. The van der Waals surface area contributed by atoms with E-state index in [9.17, 15) is 13.2 Å². The zero-order chi connectivity index (χ0) is 19.0. The summed E-state index contributed by atoms with van der Waals surface area (Å²) in [5.41, 5.74) is 7.92. The minimum absolute atomic E-state index is 0.0281. The second kappa shape index (κ2) is 6.35. The molecule has 4 rings (SSSR count). The molecule has 1 aromatic carbocycles. The zero-order valence-electron chi connectivity index (χ0n) is 13.9. The third kappa shape index (κ3) is 3.31. The van der Waals surface area contributed by atoms with E-state index in [4.69, 9.17) is 5.73 Å². The van der Waals surface area contributed by atoms with Gasteiger partial charge in [-0.3, -0.25) is 9.97 Å². The molecule has 27 heavy (non-hydrogen) atoms. The van der Waals surface area contributed by atoms with Gasteiger partial charge < -0.3 is 5.73 Å². The van der Waals surface area contributed by atoms with Crippen LogP contribution in [0.4, 0.5) is 19.0 Å². The minimum Gasteiger partial charge on any atom is -0.383 e. The fourth-order valence-corrected chi connectivity index (χ4v) is 2.84. The number of pyridine rings is 3. The van der Waals surface area contributed by atoms with E-state index in [1.165, 1.54) is 6.20 Å². The molecule has 0 saturated heterocycles. The number of hydrogen-bond donors (Lipinski definition) is 1. The van der Waals surface area contributed by atoms with Crippen LogP contribution in [-0.2, 0) is 6.18 Å². The van der Waals surface area contributed by atoms with Crippen LogP contribution in [-0.4, -0.2) is 15.0 Å². The maximum Gasteiger partial charge on any atom is 0.417 e. The molecule has 0 unspecified atom stereocenters. The first kappa shape index (κ1) is 17.0. The second-order valence-corrected chi connectivity index (χ2v) is 6.00. The second-order valence-electron chi connectivity index (χ2n) is 6.00. The lowest BCUT2D eigenvalue weighted by Gasteiger charge is -2.11. The molecule has 2 N–H and O–H groups in total. The number of halogens is 3. The van der Waals surface area contributed by atoms with E-state index in [2.05, 4.69) is 15.0 Å². The molecule has 4 nitrogen and oxygen atoms in total. The molecular formula is C20H13F3N4. The Bertz CT molecular complexity index is 1140. The number of fused-ring (bicyclic) bond motifs is 1. The Morgan fingerprint density at radius 3 is 2.48 bits per heavy atom. The van der Waals surface area contributed by atoms with Crippen LogP contribution in [0.1, 0.15) is 5.56 Å². The molecule has 0 saturated carbocycles. The lowest BCUT2D eigenvalue weighted by atomic mass is 10.0. The van der Waals surface area contributed by atoms with Gasteiger partial charge in [0.05, 0.1) is 16.8 Å². The fraction of sp³-hybridized carbons (Fsp3) is 0.0500. The predicted molar refractivity (Wildman–Crippen MR) is 97.6 cm³/mol. The van der Waals surface area contributed by atoms with Gasteiger partial charge in [0.15, 0.2) is 0 Å². The van der Waals surface area contributed by atoms with Crippen molar-refractivity contribution in [1.29, 1.82) is 0 Å². The number of benzene rings is 1. The van der Waals surface area contributed by atoms with Crippen LogP contribution in [0.3, 0.4) is 0 Å². The third-order valence-electron chi connectivity index (χ3n) is 4.22. The average Bonchev–Trinajstić information content (AvgIpc) is 2.67. The number of hydrogen-bond acceptors (Lipinski definition) is 4. The highest BCUT2D eigenvalue weighted by atomic mass is 19.4.